The van der Waals surface area contributed by atoms with Crippen molar-refractivity contribution in [3.63, 3.8) is 0 Å². The second-order valence-corrected chi connectivity index (χ2v) is 8.92. The number of likely N-dealkylation sites (tertiary alicyclic amines) is 1. The van der Waals surface area contributed by atoms with Crippen LogP contribution >= 0.6 is 0 Å². The molecule has 1 aliphatic rings. The van der Waals surface area contributed by atoms with Gasteiger partial charge in [-0.3, -0.25) is 9.69 Å². The monoisotopic (exact) mass is 323 g/mol. The fourth-order valence-electron chi connectivity index (χ4n) is 2.86. The van der Waals surface area contributed by atoms with Gasteiger partial charge in [0.2, 0.25) is 0 Å². The van der Waals surface area contributed by atoms with E-state index >= 15 is 0 Å². The zero-order valence-electron chi connectivity index (χ0n) is 13.4. The standard InChI is InChI=1S/C17H25NO3S/c1-14(2)22(20,21)12-11-18-10-6-9-16(18)13-17(19)15-7-4-3-5-8-15/h3-5,7-8,14,16H,6,9-13H2,1-2H3/t16-/m1/s1. The van der Waals surface area contributed by atoms with Gasteiger partial charge in [0.25, 0.3) is 0 Å². The number of hydrogen-bond donors (Lipinski definition) is 0. The van der Waals surface area contributed by atoms with Crippen molar-refractivity contribution < 1.29 is 13.2 Å². The van der Waals surface area contributed by atoms with Gasteiger partial charge in [-0.15, -0.1) is 0 Å². The van der Waals surface area contributed by atoms with Gasteiger partial charge in [-0.25, -0.2) is 8.42 Å². The summed E-state index contributed by atoms with van der Waals surface area (Å²) in [6.07, 6.45) is 2.49. The zero-order valence-corrected chi connectivity index (χ0v) is 14.2. The summed E-state index contributed by atoms with van der Waals surface area (Å²) in [5, 5.41) is -0.334. The van der Waals surface area contributed by atoms with Crippen molar-refractivity contribution in [2.75, 3.05) is 18.8 Å². The predicted molar refractivity (Wildman–Crippen MR) is 88.9 cm³/mol. The summed E-state index contributed by atoms with van der Waals surface area (Å²) in [7, 11) is -3.02. The third-order valence-electron chi connectivity index (χ3n) is 4.40. The molecule has 1 saturated heterocycles. The van der Waals surface area contributed by atoms with Crippen molar-refractivity contribution in [1.29, 1.82) is 0 Å². The molecule has 1 atom stereocenters. The third kappa shape index (κ3) is 4.40. The van der Waals surface area contributed by atoms with Gasteiger partial charge >= 0.3 is 0 Å². The first-order valence-corrected chi connectivity index (χ1v) is 9.65. The summed E-state index contributed by atoms with van der Waals surface area (Å²) >= 11 is 0. The molecule has 4 nitrogen and oxygen atoms in total. The molecule has 0 bridgehead atoms. The Morgan fingerprint density at radius 2 is 1.95 bits per heavy atom. The van der Waals surface area contributed by atoms with E-state index in [4.69, 9.17) is 0 Å². The first-order chi connectivity index (χ1) is 10.4. The Balaban J connectivity index is 1.92. The number of nitrogens with zero attached hydrogens (tertiary/aromatic N) is 1. The minimum absolute atomic E-state index is 0.143. The molecule has 2 rings (SSSR count). The fourth-order valence-corrected chi connectivity index (χ4v) is 3.82. The van der Waals surface area contributed by atoms with Crippen LogP contribution in [0.25, 0.3) is 0 Å². The molecule has 0 N–H and O–H groups in total. The van der Waals surface area contributed by atoms with Crippen LogP contribution in [-0.4, -0.2) is 49.2 Å². The van der Waals surface area contributed by atoms with Crippen molar-refractivity contribution in [3.8, 4) is 0 Å². The third-order valence-corrected chi connectivity index (χ3v) is 6.59. The Kier molecular flexibility index (Phi) is 5.75. The molecular formula is C17H25NO3S. The molecule has 1 heterocycles. The number of rotatable bonds is 7. The quantitative estimate of drug-likeness (QED) is 0.724. The second kappa shape index (κ2) is 7.38. The number of sulfone groups is 1. The van der Waals surface area contributed by atoms with Gasteiger partial charge < -0.3 is 0 Å². The highest BCUT2D eigenvalue weighted by Crippen LogP contribution is 2.22. The maximum atomic E-state index is 12.3. The zero-order chi connectivity index (χ0) is 16.2. The lowest BCUT2D eigenvalue weighted by Crippen LogP contribution is -2.36. The van der Waals surface area contributed by atoms with E-state index in [2.05, 4.69) is 4.90 Å². The van der Waals surface area contributed by atoms with Crippen LogP contribution in [0.3, 0.4) is 0 Å². The van der Waals surface area contributed by atoms with Crippen LogP contribution < -0.4 is 0 Å². The molecule has 1 fully saturated rings. The van der Waals surface area contributed by atoms with Gasteiger partial charge in [0.1, 0.15) is 0 Å². The lowest BCUT2D eigenvalue weighted by Gasteiger charge is -2.24. The van der Waals surface area contributed by atoms with Crippen LogP contribution in [0.1, 0.15) is 43.5 Å². The van der Waals surface area contributed by atoms with Gasteiger partial charge in [-0.2, -0.15) is 0 Å². The number of benzene rings is 1. The average molecular weight is 323 g/mol. The van der Waals surface area contributed by atoms with E-state index < -0.39 is 9.84 Å². The normalized spacial score (nSPS) is 19.7. The summed E-state index contributed by atoms with van der Waals surface area (Å²) in [4.78, 5) is 14.5. The van der Waals surface area contributed by atoms with Gasteiger partial charge in [0.05, 0.1) is 11.0 Å². The summed E-state index contributed by atoms with van der Waals surface area (Å²) in [6.45, 7) is 4.86. The van der Waals surface area contributed by atoms with Crippen LogP contribution in [0.2, 0.25) is 0 Å². The molecule has 5 heteroatoms. The summed E-state index contributed by atoms with van der Waals surface area (Å²) in [6, 6.07) is 9.49. The summed E-state index contributed by atoms with van der Waals surface area (Å²) in [5.74, 6) is 0.324. The maximum Gasteiger partial charge on any atom is 0.164 e. The first-order valence-electron chi connectivity index (χ1n) is 7.94. The minimum Gasteiger partial charge on any atom is -0.299 e. The van der Waals surface area contributed by atoms with Crippen molar-refractivity contribution >= 4 is 15.6 Å². The van der Waals surface area contributed by atoms with E-state index in [1.54, 1.807) is 13.8 Å². The highest BCUT2D eigenvalue weighted by atomic mass is 32.2. The van der Waals surface area contributed by atoms with Crippen molar-refractivity contribution in [3.05, 3.63) is 35.9 Å². The number of carbonyl (C=O) groups is 1. The molecule has 0 aliphatic carbocycles. The van der Waals surface area contributed by atoms with Crippen molar-refractivity contribution in [2.24, 2.45) is 0 Å². The number of hydrogen-bond acceptors (Lipinski definition) is 4. The van der Waals surface area contributed by atoms with Gasteiger partial charge in [0.15, 0.2) is 15.6 Å². The van der Waals surface area contributed by atoms with E-state index in [1.165, 1.54) is 0 Å². The molecule has 1 aliphatic heterocycles. The lowest BCUT2D eigenvalue weighted by atomic mass is 10.0. The van der Waals surface area contributed by atoms with Gasteiger partial charge in [0, 0.05) is 24.6 Å². The molecule has 0 spiro atoms. The minimum atomic E-state index is -3.02. The number of carbonyl (C=O) groups excluding carboxylic acids is 1. The van der Waals surface area contributed by atoms with E-state index in [1.807, 2.05) is 30.3 Å². The Morgan fingerprint density at radius 1 is 1.27 bits per heavy atom. The summed E-state index contributed by atoms with van der Waals surface area (Å²) in [5.41, 5.74) is 0.740. The van der Waals surface area contributed by atoms with Crippen LogP contribution in [0.4, 0.5) is 0 Å². The second-order valence-electron chi connectivity index (χ2n) is 6.24. The highest BCUT2D eigenvalue weighted by Gasteiger charge is 2.28. The molecule has 1 aromatic rings. The molecule has 1 aromatic carbocycles. The van der Waals surface area contributed by atoms with E-state index in [0.29, 0.717) is 13.0 Å². The molecule has 122 valence electrons. The lowest BCUT2D eigenvalue weighted by molar-refractivity contribution is 0.0944. The van der Waals surface area contributed by atoms with E-state index in [9.17, 15) is 13.2 Å². The summed E-state index contributed by atoms with van der Waals surface area (Å²) < 4.78 is 23.9. The Morgan fingerprint density at radius 3 is 2.59 bits per heavy atom. The molecule has 0 radical (unpaired) electrons. The fraction of sp³-hybridized carbons (Fsp3) is 0.588. The number of ketones is 1. The number of Topliss-reactive ketones (excluding diaryl/α,β-unsaturated/α-hetero) is 1. The Bertz CT molecular complexity index is 596. The first kappa shape index (κ1) is 17.2. The largest absolute Gasteiger partial charge is 0.299 e. The maximum absolute atomic E-state index is 12.3. The van der Waals surface area contributed by atoms with Crippen LogP contribution in [-0.2, 0) is 9.84 Å². The Hall–Kier alpha value is -1.20. The van der Waals surface area contributed by atoms with Gasteiger partial charge in [-0.1, -0.05) is 30.3 Å². The van der Waals surface area contributed by atoms with Gasteiger partial charge in [-0.05, 0) is 33.2 Å². The molecule has 0 saturated carbocycles. The molecular weight excluding hydrogens is 298 g/mol. The van der Waals surface area contributed by atoms with Crippen molar-refractivity contribution in [2.45, 2.75) is 44.4 Å². The van der Waals surface area contributed by atoms with Crippen LogP contribution in [0.5, 0.6) is 0 Å². The molecule has 0 aromatic heterocycles. The molecule has 22 heavy (non-hydrogen) atoms. The smallest absolute Gasteiger partial charge is 0.164 e. The SMILES string of the molecule is CC(C)S(=O)(=O)CCN1CCC[C@@H]1CC(=O)c1ccccc1. The average Bonchev–Trinajstić information content (AvgIpc) is 2.93. The van der Waals surface area contributed by atoms with E-state index in [-0.39, 0.29) is 22.8 Å². The molecule has 0 amide bonds. The van der Waals surface area contributed by atoms with Crippen LogP contribution in [0.15, 0.2) is 30.3 Å². The highest BCUT2D eigenvalue weighted by molar-refractivity contribution is 7.92. The predicted octanol–water partition coefficient (Wildman–Crippen LogP) is 2.55. The van der Waals surface area contributed by atoms with Crippen LogP contribution in [0, 0.1) is 0 Å². The Labute approximate surface area is 133 Å². The topological polar surface area (TPSA) is 54.5 Å². The van der Waals surface area contributed by atoms with E-state index in [0.717, 1.165) is 24.9 Å². The molecule has 0 unspecified atom stereocenters. The van der Waals surface area contributed by atoms with Crippen molar-refractivity contribution in [1.82, 2.24) is 4.90 Å².